The summed E-state index contributed by atoms with van der Waals surface area (Å²) in [5, 5.41) is 4.51. The van der Waals surface area contributed by atoms with E-state index in [1.54, 1.807) is 0 Å². The van der Waals surface area contributed by atoms with Crippen molar-refractivity contribution in [1.82, 2.24) is 19.6 Å². The molecular formula is C18H24N4O2. The standard InChI is InChI=1S/C18H24N4O2/c1-14-4-5-17(24-14)13-20-11-15-6-8-19-22(15)16(12-20)7-10-21-9-2-3-18(21)23/h4-6,8,16H,2-3,7,9-13H2,1H3/t16-/m0/s1. The van der Waals surface area contributed by atoms with Crippen LogP contribution >= 0.6 is 0 Å². The number of likely N-dealkylation sites (tertiary alicyclic amines) is 1. The summed E-state index contributed by atoms with van der Waals surface area (Å²) in [4.78, 5) is 16.2. The highest BCUT2D eigenvalue weighted by Gasteiger charge is 2.28. The fourth-order valence-corrected chi connectivity index (χ4v) is 3.83. The lowest BCUT2D eigenvalue weighted by molar-refractivity contribution is -0.127. The van der Waals surface area contributed by atoms with E-state index in [1.165, 1.54) is 5.69 Å². The number of aryl methyl sites for hydroxylation is 1. The third-order valence-electron chi connectivity index (χ3n) is 5.03. The second-order valence-electron chi connectivity index (χ2n) is 6.88. The number of hydrogen-bond acceptors (Lipinski definition) is 4. The predicted molar refractivity (Wildman–Crippen MR) is 89.3 cm³/mol. The summed E-state index contributed by atoms with van der Waals surface area (Å²) in [7, 11) is 0. The van der Waals surface area contributed by atoms with E-state index < -0.39 is 0 Å². The van der Waals surface area contributed by atoms with Crippen molar-refractivity contribution < 1.29 is 9.21 Å². The number of hydrogen-bond donors (Lipinski definition) is 0. The molecule has 0 aliphatic carbocycles. The molecule has 2 aliphatic rings. The highest BCUT2D eigenvalue weighted by Crippen LogP contribution is 2.25. The predicted octanol–water partition coefficient (Wildman–Crippen LogP) is 2.35. The van der Waals surface area contributed by atoms with E-state index in [2.05, 4.69) is 26.8 Å². The van der Waals surface area contributed by atoms with Crippen molar-refractivity contribution in [3.05, 3.63) is 41.6 Å². The molecule has 0 radical (unpaired) electrons. The van der Waals surface area contributed by atoms with Crippen LogP contribution in [-0.4, -0.2) is 45.1 Å². The molecule has 2 aliphatic heterocycles. The Kier molecular flexibility index (Phi) is 4.14. The van der Waals surface area contributed by atoms with Crippen LogP contribution in [0.25, 0.3) is 0 Å². The molecule has 0 unspecified atom stereocenters. The topological polar surface area (TPSA) is 54.5 Å². The minimum atomic E-state index is 0.300. The van der Waals surface area contributed by atoms with Gasteiger partial charge in [-0.2, -0.15) is 5.10 Å². The zero-order valence-electron chi connectivity index (χ0n) is 14.1. The first kappa shape index (κ1) is 15.4. The summed E-state index contributed by atoms with van der Waals surface area (Å²) in [6, 6.07) is 6.47. The summed E-state index contributed by atoms with van der Waals surface area (Å²) in [5.74, 6) is 2.26. The summed E-state index contributed by atoms with van der Waals surface area (Å²) in [6.07, 6.45) is 4.54. The Morgan fingerprint density at radius 1 is 1.33 bits per heavy atom. The number of carbonyl (C=O) groups excluding carboxylic acids is 1. The molecule has 0 N–H and O–H groups in total. The van der Waals surface area contributed by atoms with Gasteiger partial charge in [-0.25, -0.2) is 0 Å². The Morgan fingerprint density at radius 3 is 3.00 bits per heavy atom. The third-order valence-corrected chi connectivity index (χ3v) is 5.03. The number of fused-ring (bicyclic) bond motifs is 1. The van der Waals surface area contributed by atoms with E-state index in [0.29, 0.717) is 18.4 Å². The van der Waals surface area contributed by atoms with Gasteiger partial charge in [0.2, 0.25) is 5.91 Å². The lowest BCUT2D eigenvalue weighted by Gasteiger charge is -2.34. The van der Waals surface area contributed by atoms with Crippen molar-refractivity contribution in [3.63, 3.8) is 0 Å². The Labute approximate surface area is 142 Å². The van der Waals surface area contributed by atoms with Crippen LogP contribution in [0.1, 0.15) is 42.5 Å². The molecule has 1 fully saturated rings. The second-order valence-corrected chi connectivity index (χ2v) is 6.88. The van der Waals surface area contributed by atoms with Gasteiger partial charge in [0.15, 0.2) is 0 Å². The molecule has 0 saturated carbocycles. The maximum absolute atomic E-state index is 11.8. The van der Waals surface area contributed by atoms with E-state index in [1.807, 2.05) is 24.1 Å². The van der Waals surface area contributed by atoms with Crippen LogP contribution in [0.2, 0.25) is 0 Å². The maximum atomic E-state index is 11.8. The second kappa shape index (κ2) is 6.43. The van der Waals surface area contributed by atoms with E-state index >= 15 is 0 Å². The molecular weight excluding hydrogens is 304 g/mol. The van der Waals surface area contributed by atoms with E-state index in [0.717, 1.165) is 57.1 Å². The maximum Gasteiger partial charge on any atom is 0.222 e. The minimum absolute atomic E-state index is 0.300. The normalized spacial score (nSPS) is 21.5. The van der Waals surface area contributed by atoms with Gasteiger partial charge < -0.3 is 9.32 Å². The van der Waals surface area contributed by atoms with Gasteiger partial charge in [0.25, 0.3) is 0 Å². The van der Waals surface area contributed by atoms with Crippen LogP contribution in [0, 0.1) is 6.92 Å². The van der Waals surface area contributed by atoms with Gasteiger partial charge in [0.1, 0.15) is 11.5 Å². The zero-order chi connectivity index (χ0) is 16.5. The molecule has 0 aromatic carbocycles. The van der Waals surface area contributed by atoms with Gasteiger partial charge in [0.05, 0.1) is 18.3 Å². The fourth-order valence-electron chi connectivity index (χ4n) is 3.83. The number of carbonyl (C=O) groups is 1. The molecule has 24 heavy (non-hydrogen) atoms. The monoisotopic (exact) mass is 328 g/mol. The molecule has 2 aromatic heterocycles. The van der Waals surface area contributed by atoms with Crippen molar-refractivity contribution >= 4 is 5.91 Å². The molecule has 128 valence electrons. The Hall–Kier alpha value is -2.08. The third kappa shape index (κ3) is 3.11. The van der Waals surface area contributed by atoms with E-state index in [9.17, 15) is 4.79 Å². The molecule has 6 nitrogen and oxygen atoms in total. The molecule has 0 spiro atoms. The number of furan rings is 1. The molecule has 4 rings (SSSR count). The van der Waals surface area contributed by atoms with Crippen molar-refractivity contribution in [2.45, 2.75) is 45.3 Å². The first-order chi connectivity index (χ1) is 11.7. The summed E-state index contributed by atoms with van der Waals surface area (Å²) >= 11 is 0. The average molecular weight is 328 g/mol. The van der Waals surface area contributed by atoms with Gasteiger partial charge in [-0.15, -0.1) is 0 Å². The van der Waals surface area contributed by atoms with Crippen LogP contribution in [0.4, 0.5) is 0 Å². The number of aromatic nitrogens is 2. The largest absolute Gasteiger partial charge is 0.465 e. The highest BCUT2D eigenvalue weighted by molar-refractivity contribution is 5.77. The first-order valence-electron chi connectivity index (χ1n) is 8.77. The lowest BCUT2D eigenvalue weighted by atomic mass is 10.1. The zero-order valence-corrected chi connectivity index (χ0v) is 14.1. The van der Waals surface area contributed by atoms with Crippen LogP contribution in [-0.2, 0) is 17.9 Å². The van der Waals surface area contributed by atoms with Gasteiger partial charge in [-0.1, -0.05) is 0 Å². The highest BCUT2D eigenvalue weighted by atomic mass is 16.3. The molecule has 2 aromatic rings. The van der Waals surface area contributed by atoms with Crippen LogP contribution in [0.15, 0.2) is 28.8 Å². The first-order valence-corrected chi connectivity index (χ1v) is 8.77. The van der Waals surface area contributed by atoms with Crippen molar-refractivity contribution in [3.8, 4) is 0 Å². The van der Waals surface area contributed by atoms with E-state index in [4.69, 9.17) is 4.42 Å². The quantitative estimate of drug-likeness (QED) is 0.845. The minimum Gasteiger partial charge on any atom is -0.465 e. The summed E-state index contributed by atoms with van der Waals surface area (Å²) < 4.78 is 7.87. The van der Waals surface area contributed by atoms with Gasteiger partial charge in [-0.05, 0) is 38.0 Å². The molecule has 4 heterocycles. The average Bonchev–Trinajstić information content (AvgIpc) is 3.27. The Bertz CT molecular complexity index is 720. The number of nitrogens with zero attached hydrogens (tertiary/aromatic N) is 4. The van der Waals surface area contributed by atoms with E-state index in [-0.39, 0.29) is 0 Å². The van der Waals surface area contributed by atoms with Crippen molar-refractivity contribution in [2.75, 3.05) is 19.6 Å². The van der Waals surface area contributed by atoms with Crippen LogP contribution < -0.4 is 0 Å². The van der Waals surface area contributed by atoms with Crippen LogP contribution in [0.5, 0.6) is 0 Å². The summed E-state index contributed by atoms with van der Waals surface area (Å²) in [6.45, 7) is 6.36. The van der Waals surface area contributed by atoms with Crippen LogP contribution in [0.3, 0.4) is 0 Å². The number of amides is 1. The van der Waals surface area contributed by atoms with Crippen molar-refractivity contribution in [1.29, 1.82) is 0 Å². The lowest BCUT2D eigenvalue weighted by Crippen LogP contribution is -2.39. The summed E-state index contributed by atoms with van der Waals surface area (Å²) in [5.41, 5.74) is 1.24. The number of rotatable bonds is 5. The van der Waals surface area contributed by atoms with Gasteiger partial charge in [-0.3, -0.25) is 14.4 Å². The Morgan fingerprint density at radius 2 is 2.25 bits per heavy atom. The fraction of sp³-hybridized carbons (Fsp3) is 0.556. The molecule has 0 bridgehead atoms. The van der Waals surface area contributed by atoms with Gasteiger partial charge >= 0.3 is 0 Å². The van der Waals surface area contributed by atoms with Gasteiger partial charge in [0, 0.05) is 38.8 Å². The Balaban J connectivity index is 1.43. The molecule has 6 heteroatoms. The van der Waals surface area contributed by atoms with Crippen molar-refractivity contribution in [2.24, 2.45) is 0 Å². The molecule has 1 amide bonds. The SMILES string of the molecule is Cc1ccc(CN2Cc3ccnn3[C@@H](CCN3CCCC3=O)C2)o1. The molecule has 1 saturated heterocycles. The smallest absolute Gasteiger partial charge is 0.222 e. The molecule has 1 atom stereocenters.